The Hall–Kier alpha value is -0.410. The van der Waals surface area contributed by atoms with E-state index in [1.807, 2.05) is 11.7 Å². The molecule has 0 bridgehead atoms. The fourth-order valence-electron chi connectivity index (χ4n) is 2.31. The Labute approximate surface area is 89.5 Å². The Morgan fingerprint density at radius 2 is 2.21 bits per heavy atom. The average Bonchev–Trinajstić information content (AvgIpc) is 2.72. The molecule has 0 aliphatic heterocycles. The second kappa shape index (κ2) is 4.89. The highest BCUT2D eigenvalue weighted by Gasteiger charge is 2.18. The number of nitrogens with two attached hydrogens (primary N) is 1. The van der Waals surface area contributed by atoms with Crippen LogP contribution in [-0.2, 0) is 0 Å². The van der Waals surface area contributed by atoms with Gasteiger partial charge in [0.1, 0.15) is 0 Å². The zero-order valence-electron chi connectivity index (χ0n) is 8.48. The molecule has 2 N–H and O–H groups in total. The lowest BCUT2D eigenvalue weighted by molar-refractivity contribution is 0.320. The van der Waals surface area contributed by atoms with Crippen LogP contribution in [0.1, 0.15) is 49.4 Å². The monoisotopic (exact) mass is 210 g/mol. The molecule has 0 radical (unpaired) electrons. The summed E-state index contributed by atoms with van der Waals surface area (Å²) in [6.07, 6.45) is 10.1. The van der Waals surface area contributed by atoms with Crippen molar-refractivity contribution in [3.8, 4) is 0 Å². The van der Waals surface area contributed by atoms with E-state index >= 15 is 0 Å². The van der Waals surface area contributed by atoms with E-state index in [0.29, 0.717) is 0 Å². The van der Waals surface area contributed by atoms with Gasteiger partial charge in [0.25, 0.3) is 0 Å². The van der Waals surface area contributed by atoms with Gasteiger partial charge in [0.2, 0.25) is 0 Å². The molecule has 0 aromatic carbocycles. The summed E-state index contributed by atoms with van der Waals surface area (Å²) in [4.78, 5) is 5.32. The van der Waals surface area contributed by atoms with Crippen LogP contribution in [0.2, 0.25) is 0 Å². The van der Waals surface area contributed by atoms with Gasteiger partial charge in [0.15, 0.2) is 0 Å². The Morgan fingerprint density at radius 1 is 1.43 bits per heavy atom. The van der Waals surface area contributed by atoms with Crippen molar-refractivity contribution < 1.29 is 0 Å². The van der Waals surface area contributed by atoms with E-state index in [2.05, 4.69) is 4.98 Å². The van der Waals surface area contributed by atoms with Gasteiger partial charge in [-0.05, 0) is 12.3 Å². The summed E-state index contributed by atoms with van der Waals surface area (Å²) < 4.78 is 0. The molecule has 3 heteroatoms. The van der Waals surface area contributed by atoms with Gasteiger partial charge in [-0.2, -0.15) is 0 Å². The van der Waals surface area contributed by atoms with Gasteiger partial charge in [-0.15, -0.1) is 11.3 Å². The van der Waals surface area contributed by atoms with Crippen molar-refractivity contribution in [1.82, 2.24) is 4.98 Å². The Bertz CT molecular complexity index is 252. The zero-order chi connectivity index (χ0) is 9.80. The largest absolute Gasteiger partial charge is 0.323 e. The van der Waals surface area contributed by atoms with Crippen LogP contribution in [-0.4, -0.2) is 4.98 Å². The molecule has 1 atom stereocenters. The van der Waals surface area contributed by atoms with Crippen LogP contribution >= 0.6 is 11.3 Å². The molecule has 14 heavy (non-hydrogen) atoms. The Kier molecular flexibility index (Phi) is 3.54. The van der Waals surface area contributed by atoms with Gasteiger partial charge < -0.3 is 5.73 Å². The minimum atomic E-state index is 0.227. The van der Waals surface area contributed by atoms with E-state index < -0.39 is 0 Å². The normalized spacial score (nSPS) is 20.9. The van der Waals surface area contributed by atoms with Crippen LogP contribution in [0.4, 0.5) is 0 Å². The molecule has 2 rings (SSSR count). The molecule has 0 amide bonds. The summed E-state index contributed by atoms with van der Waals surface area (Å²) in [5, 5.41) is 0. The van der Waals surface area contributed by atoms with Crippen LogP contribution in [0.25, 0.3) is 0 Å². The Morgan fingerprint density at radius 3 is 2.86 bits per heavy atom. The summed E-state index contributed by atoms with van der Waals surface area (Å²) in [7, 11) is 0. The first kappa shape index (κ1) is 10.1. The lowest BCUT2D eigenvalue weighted by Crippen LogP contribution is -2.16. The third-order valence-corrected chi connectivity index (χ3v) is 4.04. The van der Waals surface area contributed by atoms with Crippen molar-refractivity contribution in [2.45, 2.75) is 44.6 Å². The van der Waals surface area contributed by atoms with Crippen LogP contribution in [0, 0.1) is 5.92 Å². The number of rotatable bonds is 3. The molecule has 1 aromatic heterocycles. The van der Waals surface area contributed by atoms with Crippen molar-refractivity contribution >= 4 is 11.3 Å². The molecule has 0 spiro atoms. The number of thiazole rings is 1. The van der Waals surface area contributed by atoms with E-state index in [9.17, 15) is 0 Å². The average molecular weight is 210 g/mol. The highest BCUT2D eigenvalue weighted by atomic mass is 32.1. The van der Waals surface area contributed by atoms with Gasteiger partial charge >= 0.3 is 0 Å². The van der Waals surface area contributed by atoms with Crippen molar-refractivity contribution in [3.05, 3.63) is 16.6 Å². The fraction of sp³-hybridized carbons (Fsp3) is 0.727. The number of hydrogen-bond donors (Lipinski definition) is 1. The fourth-order valence-corrected chi connectivity index (χ4v) is 2.94. The van der Waals surface area contributed by atoms with Crippen LogP contribution in [0.15, 0.2) is 11.7 Å². The van der Waals surface area contributed by atoms with Gasteiger partial charge in [0, 0.05) is 17.1 Å². The van der Waals surface area contributed by atoms with Gasteiger partial charge in [-0.1, -0.05) is 32.1 Å². The Balaban J connectivity index is 1.84. The summed E-state index contributed by atoms with van der Waals surface area (Å²) in [6.45, 7) is 0. The third-order valence-electron chi connectivity index (χ3n) is 3.13. The summed E-state index contributed by atoms with van der Waals surface area (Å²) >= 11 is 1.68. The lowest BCUT2D eigenvalue weighted by atomic mass is 9.85. The van der Waals surface area contributed by atoms with Crippen molar-refractivity contribution in [2.75, 3.05) is 0 Å². The molecule has 1 heterocycles. The highest BCUT2D eigenvalue weighted by molar-refractivity contribution is 7.09. The second-order valence-corrected chi connectivity index (χ2v) is 5.17. The van der Waals surface area contributed by atoms with E-state index in [1.54, 1.807) is 11.3 Å². The first-order chi connectivity index (χ1) is 6.86. The van der Waals surface area contributed by atoms with E-state index in [1.165, 1.54) is 37.0 Å². The standard InChI is InChI=1S/C11H18N2S/c12-10(11-7-13-8-14-11)6-9-4-2-1-3-5-9/h7-10H,1-6,12H2. The van der Waals surface area contributed by atoms with Crippen LogP contribution < -0.4 is 5.73 Å². The maximum atomic E-state index is 6.14. The van der Waals surface area contributed by atoms with Gasteiger partial charge in [0.05, 0.1) is 5.51 Å². The zero-order valence-corrected chi connectivity index (χ0v) is 9.30. The second-order valence-electron chi connectivity index (χ2n) is 4.25. The maximum absolute atomic E-state index is 6.14. The predicted molar refractivity (Wildman–Crippen MR) is 60.2 cm³/mol. The summed E-state index contributed by atoms with van der Waals surface area (Å²) in [5.74, 6) is 0.862. The highest BCUT2D eigenvalue weighted by Crippen LogP contribution is 2.31. The van der Waals surface area contributed by atoms with E-state index in [-0.39, 0.29) is 6.04 Å². The molecule has 78 valence electrons. The van der Waals surface area contributed by atoms with Crippen LogP contribution in [0.5, 0.6) is 0 Å². The van der Waals surface area contributed by atoms with Gasteiger partial charge in [-0.25, -0.2) is 0 Å². The molecule has 1 aromatic rings. The summed E-state index contributed by atoms with van der Waals surface area (Å²) in [6, 6.07) is 0.227. The van der Waals surface area contributed by atoms with Crippen molar-refractivity contribution in [1.29, 1.82) is 0 Å². The molecular weight excluding hydrogens is 192 g/mol. The predicted octanol–water partition coefficient (Wildman–Crippen LogP) is 3.11. The van der Waals surface area contributed by atoms with Crippen molar-refractivity contribution in [3.63, 3.8) is 0 Å². The molecule has 1 fully saturated rings. The number of hydrogen-bond acceptors (Lipinski definition) is 3. The van der Waals surface area contributed by atoms with Gasteiger partial charge in [-0.3, -0.25) is 4.98 Å². The molecule has 0 saturated heterocycles. The number of nitrogens with zero attached hydrogens (tertiary/aromatic N) is 1. The molecule has 1 aliphatic carbocycles. The topological polar surface area (TPSA) is 38.9 Å². The molecule has 1 unspecified atom stereocenters. The minimum Gasteiger partial charge on any atom is -0.323 e. The maximum Gasteiger partial charge on any atom is 0.0794 e. The third kappa shape index (κ3) is 2.55. The molecular formula is C11H18N2S. The quantitative estimate of drug-likeness (QED) is 0.832. The van der Waals surface area contributed by atoms with Crippen molar-refractivity contribution in [2.24, 2.45) is 11.7 Å². The molecule has 1 aliphatic rings. The number of aromatic nitrogens is 1. The first-order valence-corrected chi connectivity index (χ1v) is 6.38. The minimum absolute atomic E-state index is 0.227. The summed E-state index contributed by atoms with van der Waals surface area (Å²) in [5.41, 5.74) is 8.01. The lowest BCUT2D eigenvalue weighted by Gasteiger charge is -2.23. The molecule has 2 nitrogen and oxygen atoms in total. The first-order valence-electron chi connectivity index (χ1n) is 5.50. The SMILES string of the molecule is NC(CC1CCCCC1)c1cncs1. The molecule has 1 saturated carbocycles. The smallest absolute Gasteiger partial charge is 0.0794 e. The van der Waals surface area contributed by atoms with Crippen LogP contribution in [0.3, 0.4) is 0 Å². The van der Waals surface area contributed by atoms with E-state index in [0.717, 1.165) is 12.3 Å². The van der Waals surface area contributed by atoms with E-state index in [4.69, 9.17) is 5.73 Å².